The monoisotopic (exact) mass is 498 g/mol. The van der Waals surface area contributed by atoms with E-state index in [-0.39, 0.29) is 24.9 Å². The van der Waals surface area contributed by atoms with Crippen molar-refractivity contribution >= 4 is 27.8 Å². The highest BCUT2D eigenvalue weighted by Crippen LogP contribution is 2.27. The van der Waals surface area contributed by atoms with Gasteiger partial charge < -0.3 is 20.8 Å². The van der Waals surface area contributed by atoms with Gasteiger partial charge >= 0.3 is 5.97 Å². The van der Waals surface area contributed by atoms with Crippen LogP contribution in [0.4, 0.5) is 8.78 Å². The van der Waals surface area contributed by atoms with Crippen LogP contribution < -0.4 is 10.6 Å². The van der Waals surface area contributed by atoms with E-state index in [1.165, 1.54) is 6.92 Å². The van der Waals surface area contributed by atoms with Gasteiger partial charge in [0.05, 0.1) is 24.1 Å². The minimum atomic E-state index is -1.16. The molecule has 6 nitrogen and oxygen atoms in total. The average molecular weight is 499 g/mol. The van der Waals surface area contributed by atoms with Crippen LogP contribution in [0.5, 0.6) is 0 Å². The zero-order valence-corrected chi connectivity index (χ0v) is 18.7. The third-order valence-electron chi connectivity index (χ3n) is 4.90. The Morgan fingerprint density at radius 2 is 1.81 bits per heavy atom. The number of amides is 1. The molecule has 9 heteroatoms. The second kappa shape index (κ2) is 10.8. The van der Waals surface area contributed by atoms with Gasteiger partial charge in [0.1, 0.15) is 11.6 Å². The van der Waals surface area contributed by atoms with Crippen LogP contribution in [0.15, 0.2) is 46.9 Å². The molecule has 0 spiro atoms. The molecule has 4 N–H and O–H groups in total. The first-order valence-corrected chi connectivity index (χ1v) is 10.4. The van der Waals surface area contributed by atoms with Gasteiger partial charge in [0.15, 0.2) is 0 Å². The summed E-state index contributed by atoms with van der Waals surface area (Å²) in [6.45, 7) is 2.90. The predicted molar refractivity (Wildman–Crippen MR) is 115 cm³/mol. The molecule has 2 aromatic rings. The Balaban J connectivity index is 2.20. The topological polar surface area (TPSA) is 98.7 Å². The van der Waals surface area contributed by atoms with Gasteiger partial charge in [-0.1, -0.05) is 28.1 Å². The van der Waals surface area contributed by atoms with E-state index in [0.29, 0.717) is 5.56 Å². The number of halogens is 3. The van der Waals surface area contributed by atoms with Crippen LogP contribution in [0.25, 0.3) is 0 Å². The van der Waals surface area contributed by atoms with Crippen LogP contribution in [-0.4, -0.2) is 40.8 Å². The number of hydrogen-bond donors (Lipinski definition) is 4. The number of nitrogens with one attached hydrogen (secondary N) is 2. The van der Waals surface area contributed by atoms with Crippen molar-refractivity contribution in [1.29, 1.82) is 0 Å². The molecule has 0 saturated heterocycles. The summed E-state index contributed by atoms with van der Waals surface area (Å²) < 4.78 is 27.8. The standard InChI is InChI=1S/C22H25BrF2N2O4/c1-13(28)27-19(8-14-6-17(24)10-18(25)7-14)20(29)12-26-22(2,11-21(30)31)15-4-3-5-16(23)9-15/h3-7,9-10,19-20,26,29H,8,11-12H2,1-2H3,(H,27,28)(H,30,31)/t19-,20+,22?/m0/s1. The molecule has 0 aromatic heterocycles. The van der Waals surface area contributed by atoms with Gasteiger partial charge in [0, 0.05) is 24.0 Å². The molecule has 168 valence electrons. The second-order valence-corrected chi connectivity index (χ2v) is 8.57. The molecule has 0 aliphatic heterocycles. The molecule has 1 amide bonds. The maximum Gasteiger partial charge on any atom is 0.305 e. The van der Waals surface area contributed by atoms with E-state index in [0.717, 1.165) is 22.7 Å². The Bertz CT molecular complexity index is 923. The van der Waals surface area contributed by atoms with Crippen LogP contribution >= 0.6 is 15.9 Å². The van der Waals surface area contributed by atoms with Gasteiger partial charge in [-0.2, -0.15) is 0 Å². The highest BCUT2D eigenvalue weighted by molar-refractivity contribution is 9.10. The first-order chi connectivity index (χ1) is 14.5. The molecule has 31 heavy (non-hydrogen) atoms. The van der Waals surface area contributed by atoms with E-state index in [2.05, 4.69) is 26.6 Å². The van der Waals surface area contributed by atoms with Crippen molar-refractivity contribution in [3.8, 4) is 0 Å². The van der Waals surface area contributed by atoms with Gasteiger partial charge in [-0.15, -0.1) is 0 Å². The zero-order chi connectivity index (χ0) is 23.2. The number of hydrogen-bond acceptors (Lipinski definition) is 4. The number of aliphatic hydroxyl groups is 1. The number of carboxylic acid groups (broad SMARTS) is 1. The van der Waals surface area contributed by atoms with Gasteiger partial charge in [-0.3, -0.25) is 9.59 Å². The van der Waals surface area contributed by atoms with Crippen molar-refractivity contribution in [2.45, 2.75) is 44.4 Å². The molecule has 0 saturated carbocycles. The van der Waals surface area contributed by atoms with Crippen LogP contribution in [-0.2, 0) is 21.5 Å². The highest BCUT2D eigenvalue weighted by Gasteiger charge is 2.31. The fourth-order valence-electron chi connectivity index (χ4n) is 3.40. The number of carboxylic acids is 1. The van der Waals surface area contributed by atoms with Gasteiger partial charge in [-0.25, -0.2) is 8.78 Å². The summed E-state index contributed by atoms with van der Waals surface area (Å²) in [6, 6.07) is 9.30. The number of aliphatic hydroxyl groups excluding tert-OH is 1. The molecule has 0 aliphatic rings. The van der Waals surface area contributed by atoms with Crippen LogP contribution in [0.3, 0.4) is 0 Å². The summed E-state index contributed by atoms with van der Waals surface area (Å²) in [6.07, 6.45) is -1.42. The van der Waals surface area contributed by atoms with Crippen molar-refractivity contribution < 1.29 is 28.6 Å². The molecular weight excluding hydrogens is 474 g/mol. The van der Waals surface area contributed by atoms with Crippen molar-refractivity contribution in [2.24, 2.45) is 0 Å². The van der Waals surface area contributed by atoms with E-state index in [9.17, 15) is 28.6 Å². The first-order valence-electron chi connectivity index (χ1n) is 9.61. The van der Waals surface area contributed by atoms with E-state index >= 15 is 0 Å². The SMILES string of the molecule is CC(=O)N[C@@H](Cc1cc(F)cc(F)c1)[C@H](O)CNC(C)(CC(=O)O)c1cccc(Br)c1. The fraction of sp³-hybridized carbons (Fsp3) is 0.364. The quantitative estimate of drug-likeness (QED) is 0.403. The Morgan fingerprint density at radius 3 is 2.35 bits per heavy atom. The van der Waals surface area contributed by atoms with Crippen molar-refractivity contribution in [3.05, 3.63) is 69.7 Å². The lowest BCUT2D eigenvalue weighted by molar-refractivity contribution is -0.138. The largest absolute Gasteiger partial charge is 0.481 e. The van der Waals surface area contributed by atoms with Gasteiger partial charge in [0.2, 0.25) is 5.91 Å². The lowest BCUT2D eigenvalue weighted by Gasteiger charge is -2.33. The lowest BCUT2D eigenvalue weighted by atomic mass is 9.88. The Hall–Kier alpha value is -2.36. The third-order valence-corrected chi connectivity index (χ3v) is 5.39. The maximum absolute atomic E-state index is 13.5. The van der Waals surface area contributed by atoms with Crippen molar-refractivity contribution in [3.63, 3.8) is 0 Å². The molecular formula is C22H25BrF2N2O4. The Labute approximate surface area is 187 Å². The number of aliphatic carboxylic acids is 1. The Morgan fingerprint density at radius 1 is 1.16 bits per heavy atom. The third kappa shape index (κ3) is 7.68. The normalized spacial score (nSPS) is 15.0. The minimum absolute atomic E-state index is 0.0103. The van der Waals surface area contributed by atoms with E-state index < -0.39 is 41.2 Å². The summed E-state index contributed by atoms with van der Waals surface area (Å²) in [5, 5.41) is 25.8. The first kappa shape index (κ1) is 24.9. The minimum Gasteiger partial charge on any atom is -0.481 e. The number of carbonyl (C=O) groups is 2. The highest BCUT2D eigenvalue weighted by atomic mass is 79.9. The molecule has 0 aliphatic carbocycles. The van der Waals surface area contributed by atoms with E-state index in [1.54, 1.807) is 25.1 Å². The van der Waals surface area contributed by atoms with Crippen LogP contribution in [0.1, 0.15) is 31.4 Å². The average Bonchev–Trinajstić information content (AvgIpc) is 2.64. The summed E-state index contributed by atoms with van der Waals surface area (Å²) in [7, 11) is 0. The van der Waals surface area contributed by atoms with E-state index in [4.69, 9.17) is 0 Å². The molecule has 0 bridgehead atoms. The molecule has 0 radical (unpaired) electrons. The number of rotatable bonds is 10. The van der Waals surface area contributed by atoms with Crippen molar-refractivity contribution in [1.82, 2.24) is 10.6 Å². The predicted octanol–water partition coefficient (Wildman–Crippen LogP) is 3.12. The molecule has 1 unspecified atom stereocenters. The number of benzene rings is 2. The van der Waals surface area contributed by atoms with Gasteiger partial charge in [-0.05, 0) is 48.7 Å². The van der Waals surface area contributed by atoms with E-state index in [1.807, 2.05) is 6.07 Å². The maximum atomic E-state index is 13.5. The smallest absolute Gasteiger partial charge is 0.305 e. The molecule has 0 heterocycles. The summed E-state index contributed by atoms with van der Waals surface area (Å²) in [4.78, 5) is 23.1. The molecule has 2 rings (SSSR count). The summed E-state index contributed by atoms with van der Waals surface area (Å²) in [5.74, 6) is -2.96. The summed E-state index contributed by atoms with van der Waals surface area (Å²) in [5.41, 5.74) is -0.0437. The summed E-state index contributed by atoms with van der Waals surface area (Å²) >= 11 is 3.37. The molecule has 2 aromatic carbocycles. The Kier molecular flexibility index (Phi) is 8.67. The van der Waals surface area contributed by atoms with Crippen molar-refractivity contribution in [2.75, 3.05) is 6.54 Å². The second-order valence-electron chi connectivity index (χ2n) is 7.65. The molecule has 0 fully saturated rings. The lowest BCUT2D eigenvalue weighted by Crippen LogP contribution is -2.52. The number of carbonyl (C=O) groups excluding carboxylic acids is 1. The molecule has 3 atom stereocenters. The van der Waals surface area contributed by atoms with Gasteiger partial charge in [0.25, 0.3) is 0 Å². The van der Waals surface area contributed by atoms with Crippen LogP contribution in [0.2, 0.25) is 0 Å². The fourth-order valence-corrected chi connectivity index (χ4v) is 3.80. The zero-order valence-electron chi connectivity index (χ0n) is 17.2. The van der Waals surface area contributed by atoms with Crippen LogP contribution in [0, 0.1) is 11.6 Å².